The van der Waals surface area contributed by atoms with Gasteiger partial charge in [0.05, 0.1) is 24.5 Å². The molecular weight excluding hydrogens is 420 g/mol. The highest BCUT2D eigenvalue weighted by Crippen LogP contribution is 2.38. The third-order valence-corrected chi connectivity index (χ3v) is 7.80. The van der Waals surface area contributed by atoms with Crippen molar-refractivity contribution in [2.75, 3.05) is 63.9 Å². The van der Waals surface area contributed by atoms with Crippen molar-refractivity contribution in [3.8, 4) is 0 Å². The molecule has 0 radical (unpaired) electrons. The summed E-state index contributed by atoms with van der Waals surface area (Å²) in [5.41, 5.74) is 2.56. The Balaban J connectivity index is 1.02. The zero-order chi connectivity index (χ0) is 21.4. The van der Waals surface area contributed by atoms with Gasteiger partial charge in [-0.15, -0.1) is 0 Å². The molecular formula is C25H30N4O2S. The first kappa shape index (κ1) is 20.6. The van der Waals surface area contributed by atoms with Gasteiger partial charge < -0.3 is 14.4 Å². The van der Waals surface area contributed by atoms with E-state index in [9.17, 15) is 0 Å². The third-order valence-electron chi connectivity index (χ3n) is 6.99. The third kappa shape index (κ3) is 3.82. The first-order valence-corrected chi connectivity index (χ1v) is 12.5. The second-order valence-electron chi connectivity index (χ2n) is 9.00. The van der Waals surface area contributed by atoms with Crippen molar-refractivity contribution in [1.82, 2.24) is 14.2 Å². The fourth-order valence-electron chi connectivity index (χ4n) is 5.37. The van der Waals surface area contributed by atoms with Crippen molar-refractivity contribution in [3.63, 3.8) is 0 Å². The molecule has 1 aromatic heterocycles. The van der Waals surface area contributed by atoms with Crippen molar-refractivity contribution in [3.05, 3.63) is 59.7 Å². The van der Waals surface area contributed by atoms with Gasteiger partial charge in [-0.05, 0) is 48.7 Å². The van der Waals surface area contributed by atoms with Crippen LogP contribution in [-0.4, -0.2) is 73.2 Å². The molecule has 0 aliphatic carbocycles. The summed E-state index contributed by atoms with van der Waals surface area (Å²) in [6.45, 7) is 9.69. The van der Waals surface area contributed by atoms with Gasteiger partial charge in [0.2, 0.25) is 5.79 Å². The molecule has 6 nitrogen and oxygen atoms in total. The number of ether oxygens (including phenoxy) is 2. The second-order valence-corrected chi connectivity index (χ2v) is 9.81. The second kappa shape index (κ2) is 8.72. The average Bonchev–Trinajstić information content (AvgIpc) is 3.48. The van der Waals surface area contributed by atoms with E-state index >= 15 is 0 Å². The Kier molecular flexibility index (Phi) is 5.61. The Morgan fingerprint density at radius 1 is 0.875 bits per heavy atom. The predicted octanol–water partition coefficient (Wildman–Crippen LogP) is 3.52. The molecule has 7 heteroatoms. The van der Waals surface area contributed by atoms with Crippen LogP contribution >= 0.6 is 11.5 Å². The normalized spacial score (nSPS) is 21.4. The number of hydrogen-bond donors (Lipinski definition) is 0. The van der Waals surface area contributed by atoms with Crippen LogP contribution < -0.4 is 4.90 Å². The van der Waals surface area contributed by atoms with Crippen LogP contribution in [0.4, 0.5) is 5.82 Å². The fourth-order valence-corrected chi connectivity index (χ4v) is 6.16. The van der Waals surface area contributed by atoms with E-state index < -0.39 is 5.79 Å². The predicted molar refractivity (Wildman–Crippen MR) is 128 cm³/mol. The minimum Gasteiger partial charge on any atom is -0.353 e. The molecule has 2 fully saturated rings. The molecule has 3 aliphatic heterocycles. The topological polar surface area (TPSA) is 41.1 Å². The highest BCUT2D eigenvalue weighted by atomic mass is 32.1. The van der Waals surface area contributed by atoms with Crippen molar-refractivity contribution >= 4 is 27.4 Å². The van der Waals surface area contributed by atoms with Gasteiger partial charge in [-0.3, -0.25) is 9.80 Å². The van der Waals surface area contributed by atoms with E-state index in [2.05, 4.69) is 63.2 Å². The van der Waals surface area contributed by atoms with Crippen LogP contribution in [0.25, 0.3) is 10.1 Å². The van der Waals surface area contributed by atoms with Crippen LogP contribution in [0.3, 0.4) is 0 Å². The molecule has 32 heavy (non-hydrogen) atoms. The molecule has 0 N–H and O–H groups in total. The number of aromatic nitrogens is 1. The summed E-state index contributed by atoms with van der Waals surface area (Å²) in [4.78, 5) is 7.56. The monoisotopic (exact) mass is 450 g/mol. The van der Waals surface area contributed by atoms with Crippen molar-refractivity contribution in [1.29, 1.82) is 0 Å². The summed E-state index contributed by atoms with van der Waals surface area (Å²) in [5, 5.41) is 1.29. The number of piperazine rings is 1. The quantitative estimate of drug-likeness (QED) is 0.593. The largest absolute Gasteiger partial charge is 0.353 e. The Labute approximate surface area is 193 Å². The SMILES string of the molecule is c1ccc2c(c1)CN(CCCN1CCN(c3nsc4ccccc34)CC1)CC21OCCO1. The molecule has 6 rings (SSSR count). The molecule has 2 aromatic carbocycles. The lowest BCUT2D eigenvalue weighted by Crippen LogP contribution is -2.48. The van der Waals surface area contributed by atoms with Gasteiger partial charge in [0.25, 0.3) is 0 Å². The maximum Gasteiger partial charge on any atom is 0.208 e. The van der Waals surface area contributed by atoms with Crippen LogP contribution in [0, 0.1) is 0 Å². The smallest absolute Gasteiger partial charge is 0.208 e. The van der Waals surface area contributed by atoms with E-state index in [-0.39, 0.29) is 0 Å². The Morgan fingerprint density at radius 2 is 1.62 bits per heavy atom. The van der Waals surface area contributed by atoms with Gasteiger partial charge in [0, 0.05) is 43.7 Å². The van der Waals surface area contributed by atoms with Crippen LogP contribution in [0.2, 0.25) is 0 Å². The zero-order valence-electron chi connectivity index (χ0n) is 18.4. The fraction of sp³-hybridized carbons (Fsp3) is 0.480. The number of nitrogens with zero attached hydrogens (tertiary/aromatic N) is 4. The van der Waals surface area contributed by atoms with Crippen LogP contribution in [0.15, 0.2) is 48.5 Å². The summed E-state index contributed by atoms with van der Waals surface area (Å²) >= 11 is 1.61. The highest BCUT2D eigenvalue weighted by Gasteiger charge is 2.44. The summed E-state index contributed by atoms with van der Waals surface area (Å²) in [5.74, 6) is 0.607. The molecule has 0 amide bonds. The molecule has 3 aromatic rings. The number of anilines is 1. The summed E-state index contributed by atoms with van der Waals surface area (Å²) < 4.78 is 18.3. The van der Waals surface area contributed by atoms with Gasteiger partial charge in [-0.2, -0.15) is 4.37 Å². The van der Waals surface area contributed by atoms with Gasteiger partial charge in [-0.1, -0.05) is 36.4 Å². The van der Waals surface area contributed by atoms with E-state index in [0.717, 1.165) is 58.8 Å². The molecule has 3 aliphatic rings. The number of fused-ring (bicyclic) bond motifs is 3. The highest BCUT2D eigenvalue weighted by molar-refractivity contribution is 7.13. The van der Waals surface area contributed by atoms with Crippen molar-refractivity contribution in [2.45, 2.75) is 18.8 Å². The van der Waals surface area contributed by atoms with Crippen LogP contribution in [0.1, 0.15) is 17.5 Å². The van der Waals surface area contributed by atoms with Gasteiger partial charge in [0.15, 0.2) is 0 Å². The Bertz CT molecular complexity index is 1070. The van der Waals surface area contributed by atoms with E-state index in [1.807, 2.05) is 0 Å². The lowest BCUT2D eigenvalue weighted by molar-refractivity contribution is -0.187. The molecule has 0 saturated carbocycles. The first-order chi connectivity index (χ1) is 15.8. The Hall–Kier alpha value is -2.03. The maximum absolute atomic E-state index is 6.13. The van der Waals surface area contributed by atoms with Crippen molar-refractivity contribution < 1.29 is 9.47 Å². The Morgan fingerprint density at radius 3 is 2.50 bits per heavy atom. The average molecular weight is 451 g/mol. The first-order valence-electron chi connectivity index (χ1n) is 11.7. The maximum atomic E-state index is 6.13. The van der Waals surface area contributed by atoms with E-state index in [0.29, 0.717) is 13.2 Å². The van der Waals surface area contributed by atoms with E-state index in [1.54, 1.807) is 11.5 Å². The number of hydrogen-bond acceptors (Lipinski definition) is 7. The number of benzene rings is 2. The lowest BCUT2D eigenvalue weighted by Gasteiger charge is -2.40. The van der Waals surface area contributed by atoms with Gasteiger partial charge in [0.1, 0.15) is 5.82 Å². The molecule has 2 saturated heterocycles. The van der Waals surface area contributed by atoms with E-state index in [1.165, 1.54) is 27.0 Å². The zero-order valence-corrected chi connectivity index (χ0v) is 19.2. The summed E-state index contributed by atoms with van der Waals surface area (Å²) in [7, 11) is 0. The summed E-state index contributed by atoms with van der Waals surface area (Å²) in [6, 6.07) is 17.2. The van der Waals surface area contributed by atoms with Gasteiger partial charge in [-0.25, -0.2) is 0 Å². The minimum absolute atomic E-state index is 0.559. The molecule has 168 valence electrons. The minimum atomic E-state index is -0.559. The van der Waals surface area contributed by atoms with E-state index in [4.69, 9.17) is 13.8 Å². The molecule has 0 unspecified atom stereocenters. The van der Waals surface area contributed by atoms with Crippen LogP contribution in [-0.2, 0) is 21.8 Å². The van der Waals surface area contributed by atoms with Crippen molar-refractivity contribution in [2.24, 2.45) is 0 Å². The molecule has 1 spiro atoms. The van der Waals surface area contributed by atoms with Gasteiger partial charge >= 0.3 is 0 Å². The molecule has 0 bridgehead atoms. The molecule has 4 heterocycles. The summed E-state index contributed by atoms with van der Waals surface area (Å²) in [6.07, 6.45) is 1.16. The van der Waals surface area contributed by atoms with Crippen LogP contribution in [0.5, 0.6) is 0 Å². The standard InChI is InChI=1S/C25H30N4O2S/c1-3-8-22-20(6-1)18-28(19-25(22)30-16-17-31-25)11-5-10-27-12-14-29(15-13-27)24-21-7-2-4-9-23(21)32-26-24/h1-4,6-9H,5,10-19H2. The lowest BCUT2D eigenvalue weighted by atomic mass is 9.94. The number of rotatable bonds is 5. The molecule has 0 atom stereocenters.